The van der Waals surface area contributed by atoms with Crippen molar-refractivity contribution in [3.8, 4) is 0 Å². The number of amides is 1. The average molecular weight is 611 g/mol. The molecule has 0 N–H and O–H groups in total. The van der Waals surface area contributed by atoms with Crippen LogP contribution >= 0.6 is 0 Å². The molecule has 8 heteroatoms. The summed E-state index contributed by atoms with van der Waals surface area (Å²) in [7, 11) is -1.11. The number of hydrogen-bond acceptors (Lipinski definition) is 4. The van der Waals surface area contributed by atoms with Crippen LogP contribution in [0.3, 0.4) is 0 Å². The maximum absolute atomic E-state index is 13.4. The Morgan fingerprint density at radius 2 is 1.86 bits per heavy atom. The van der Waals surface area contributed by atoms with E-state index in [-0.39, 0.29) is 17.9 Å². The summed E-state index contributed by atoms with van der Waals surface area (Å²) in [5.41, 5.74) is 5.14. The van der Waals surface area contributed by atoms with E-state index in [0.29, 0.717) is 12.6 Å². The van der Waals surface area contributed by atoms with Crippen LogP contribution in [0.2, 0.25) is 40.5 Å². The molecule has 2 fully saturated rings. The van der Waals surface area contributed by atoms with Crippen LogP contribution in [0.15, 0.2) is 36.7 Å². The summed E-state index contributed by atoms with van der Waals surface area (Å²) in [4.78, 5) is 32.3. The number of rotatable bonds is 9. The molecule has 0 spiro atoms. The van der Waals surface area contributed by atoms with E-state index in [1.165, 1.54) is 9.27 Å². The van der Waals surface area contributed by atoms with Gasteiger partial charge >= 0.3 is 176 Å². The van der Waals surface area contributed by atoms with Gasteiger partial charge in [0.15, 0.2) is 0 Å². The van der Waals surface area contributed by atoms with Gasteiger partial charge in [0.25, 0.3) is 0 Å². The molecule has 2 atom stereocenters. The average Bonchev–Trinajstić information content (AvgIpc) is 3.53. The Morgan fingerprint density at radius 3 is 2.50 bits per heavy atom. The molecule has 2 aromatic heterocycles. The molecule has 1 aliphatic carbocycles. The van der Waals surface area contributed by atoms with E-state index >= 15 is 0 Å². The van der Waals surface area contributed by atoms with Crippen molar-refractivity contribution < 1.29 is 9.53 Å². The van der Waals surface area contributed by atoms with Gasteiger partial charge in [0.2, 0.25) is 0 Å². The molecule has 1 aromatic carbocycles. The zero-order valence-corrected chi connectivity index (χ0v) is 26.7. The normalized spacial score (nSPS) is 20.8. The molecule has 192 valence electrons. The van der Waals surface area contributed by atoms with Crippen LogP contribution in [0.4, 0.5) is 5.69 Å². The van der Waals surface area contributed by atoms with Gasteiger partial charge in [-0.15, -0.1) is 0 Å². The van der Waals surface area contributed by atoms with Gasteiger partial charge < -0.3 is 4.74 Å². The number of carbonyl (C=O) groups excluding carboxylic acids is 1. The van der Waals surface area contributed by atoms with Crippen molar-refractivity contribution in [2.45, 2.75) is 73.0 Å². The first-order valence-electron chi connectivity index (χ1n) is 13.3. The number of hydrogen-bond donors (Lipinski definition) is 0. The predicted octanol–water partition coefficient (Wildman–Crippen LogP) is 5.71. The molecule has 1 saturated carbocycles. The number of ether oxygens (including phenoxy) is 1. The molecule has 1 amide bonds. The second kappa shape index (κ2) is 9.55. The summed E-state index contributed by atoms with van der Waals surface area (Å²) in [6.07, 6.45) is 4.16. The van der Waals surface area contributed by atoms with Crippen molar-refractivity contribution in [2.24, 2.45) is 11.8 Å². The van der Waals surface area contributed by atoms with Crippen molar-refractivity contribution in [1.29, 1.82) is 0 Å². The molecular weight excluding hydrogens is 571 g/mol. The van der Waals surface area contributed by atoms with E-state index in [9.17, 15) is 4.79 Å². The van der Waals surface area contributed by atoms with Crippen LogP contribution in [-0.2, 0) is 16.3 Å². The van der Waals surface area contributed by atoms with Gasteiger partial charge in [-0.2, -0.15) is 0 Å². The Morgan fingerprint density at radius 1 is 1.11 bits per heavy atom. The van der Waals surface area contributed by atoms with Crippen molar-refractivity contribution >= 4 is 52.8 Å². The number of aromatic nitrogens is 3. The van der Waals surface area contributed by atoms with Crippen LogP contribution in [0.25, 0.3) is 11.0 Å². The fraction of sp³-hybridized carbons (Fsp3) is 0.536. The molecule has 0 radical (unpaired) electrons. The maximum atomic E-state index is 13.4. The van der Waals surface area contributed by atoms with E-state index in [4.69, 9.17) is 9.72 Å². The Hall–Kier alpha value is -1.71. The van der Waals surface area contributed by atoms with Gasteiger partial charge in [0.1, 0.15) is 0 Å². The van der Waals surface area contributed by atoms with E-state index in [0.717, 1.165) is 47.9 Å². The summed E-state index contributed by atoms with van der Waals surface area (Å²) < 4.78 is 9.30. The monoisotopic (exact) mass is 612 g/mol. The first-order chi connectivity index (χ1) is 16.9. The first-order valence-corrected chi connectivity index (χ1v) is 27.0. The third kappa shape index (κ3) is 5.16. The fourth-order valence-corrected chi connectivity index (χ4v) is 9.05. The Balaban J connectivity index is 1.40. The van der Waals surface area contributed by atoms with Crippen molar-refractivity contribution in [3.63, 3.8) is 0 Å². The van der Waals surface area contributed by atoms with Crippen molar-refractivity contribution in [3.05, 3.63) is 47.9 Å². The third-order valence-electron chi connectivity index (χ3n) is 7.59. The number of benzene rings is 1. The van der Waals surface area contributed by atoms with Gasteiger partial charge in [0, 0.05) is 14.7 Å². The molecule has 6 nitrogen and oxygen atoms in total. The van der Waals surface area contributed by atoms with Gasteiger partial charge in [0.05, 0.1) is 0 Å². The molecular formula is C28H40N4O2SiSn. The molecule has 3 aromatic rings. The van der Waals surface area contributed by atoms with E-state index in [1.807, 2.05) is 11.2 Å². The first kappa shape index (κ1) is 25.9. The topological polar surface area (TPSA) is 60.2 Å². The van der Waals surface area contributed by atoms with Crippen LogP contribution in [0, 0.1) is 18.8 Å². The number of aryl methyl sites for hydroxylation is 1. The van der Waals surface area contributed by atoms with Gasteiger partial charge in [-0.3, -0.25) is 0 Å². The van der Waals surface area contributed by atoms with Crippen LogP contribution in [0.1, 0.15) is 30.1 Å². The zero-order valence-electron chi connectivity index (χ0n) is 22.8. The number of anilines is 1. The summed E-state index contributed by atoms with van der Waals surface area (Å²) in [6, 6.07) is 11.9. The number of fused-ring (bicyclic) bond motifs is 1. The van der Waals surface area contributed by atoms with Crippen molar-refractivity contribution in [1.82, 2.24) is 14.5 Å². The van der Waals surface area contributed by atoms with Gasteiger partial charge in [-0.1, -0.05) is 19.6 Å². The van der Waals surface area contributed by atoms with Crippen LogP contribution in [-0.4, -0.2) is 53.5 Å². The minimum Gasteiger partial charge on any atom is -0.361 e. The minimum absolute atomic E-state index is 0.0613. The van der Waals surface area contributed by atoms with Crippen LogP contribution in [0.5, 0.6) is 0 Å². The smallest absolute Gasteiger partial charge is 0.361 e. The fourth-order valence-electron chi connectivity index (χ4n) is 5.19. The Kier molecular flexibility index (Phi) is 6.87. The zero-order chi connectivity index (χ0) is 25.8. The molecule has 3 heterocycles. The second-order valence-corrected chi connectivity index (χ2v) is 32.8. The predicted molar refractivity (Wildman–Crippen MR) is 152 cm³/mol. The number of carbonyl (C=O) groups is 1. The number of β-lactam (4-membered cyclic amide) rings is 1. The SMILES string of the molecule is Cc1n[c]([Sn]([CH3])([CH3])[CH3])ccc1C1C(C2CC2)C(=O)N1c1ccc2c(c1)ncn2COCC[Si](C)(C)C. The summed E-state index contributed by atoms with van der Waals surface area (Å²) in [5.74, 6) is 0.827. The standard InChI is InChI=1S/C25H31N4O2Si.3CH3.Sn/c1-17-20(6-5-11-26-17)24-23(18-7-8-18)25(30)29(24)19-9-10-22-21(14-19)27-15-28(22)16-31-12-13-32(2,3)4;;;;/h5-6,9-10,14-15,18,23-24H,7-8,12-13,16H2,1-4H3;3*1H3;. The quantitative estimate of drug-likeness (QED) is 0.177. The molecule has 1 aliphatic heterocycles. The van der Waals surface area contributed by atoms with Gasteiger partial charge in [-0.25, -0.2) is 0 Å². The van der Waals surface area contributed by atoms with E-state index in [2.05, 4.69) is 81.3 Å². The number of imidazole rings is 1. The van der Waals surface area contributed by atoms with E-state index in [1.54, 1.807) is 0 Å². The van der Waals surface area contributed by atoms with E-state index < -0.39 is 26.5 Å². The number of pyridine rings is 1. The molecule has 5 rings (SSSR count). The third-order valence-corrected chi connectivity index (χ3v) is 14.5. The molecule has 0 bridgehead atoms. The Bertz CT molecular complexity index is 1290. The summed E-state index contributed by atoms with van der Waals surface area (Å²) >= 11 is -2.26. The van der Waals surface area contributed by atoms with Crippen molar-refractivity contribution in [2.75, 3.05) is 11.5 Å². The summed E-state index contributed by atoms with van der Waals surface area (Å²) in [5, 5.41) is 0. The Labute approximate surface area is 220 Å². The molecule has 1 saturated heterocycles. The molecule has 2 aliphatic rings. The number of nitrogens with zero attached hydrogens (tertiary/aromatic N) is 4. The second-order valence-electron chi connectivity index (χ2n) is 12.9. The molecule has 36 heavy (non-hydrogen) atoms. The summed E-state index contributed by atoms with van der Waals surface area (Å²) in [6.45, 7) is 10.5. The van der Waals surface area contributed by atoms with Crippen LogP contribution < -0.4 is 8.61 Å². The minimum atomic E-state index is -2.26. The van der Waals surface area contributed by atoms with Gasteiger partial charge in [-0.05, 0) is 6.04 Å². The molecule has 2 unspecified atom stereocenters.